The van der Waals surface area contributed by atoms with Crippen molar-refractivity contribution in [2.24, 2.45) is 52.3 Å². The van der Waals surface area contributed by atoms with Crippen molar-refractivity contribution >= 4 is 0 Å². The van der Waals surface area contributed by atoms with Crippen LogP contribution in [0.25, 0.3) is 0 Å². The molecule has 0 aromatic rings. The van der Waals surface area contributed by atoms with Crippen molar-refractivity contribution in [1.29, 1.82) is 0 Å². The van der Waals surface area contributed by atoms with Crippen LogP contribution in [0.3, 0.4) is 0 Å². The smallest absolute Gasteiger partial charge is 0.0612 e. The summed E-state index contributed by atoms with van der Waals surface area (Å²) in [5.41, 5.74) is -0.153. The number of aliphatic hydroxyl groups is 6. The van der Waals surface area contributed by atoms with Gasteiger partial charge in [-0.15, -0.1) is 0 Å². The number of aliphatic hydroxyl groups excluding tert-OH is 6. The Labute approximate surface area is 199 Å². The zero-order chi connectivity index (χ0) is 24.1. The van der Waals surface area contributed by atoms with E-state index in [2.05, 4.69) is 20.8 Å². The SMILES string of the molecule is CC(CCC(O)C(CO)CO)C1CCC2[C@H]3C(CC(O)[C@]12C)[C@@]1(C)CCC(O)C[C@H]1C[C@@H]3O. The molecule has 4 fully saturated rings. The van der Waals surface area contributed by atoms with Crippen LogP contribution < -0.4 is 0 Å². The van der Waals surface area contributed by atoms with Crippen molar-refractivity contribution in [1.82, 2.24) is 0 Å². The topological polar surface area (TPSA) is 121 Å². The summed E-state index contributed by atoms with van der Waals surface area (Å²) in [5.74, 6) is 1.29. The van der Waals surface area contributed by atoms with Crippen molar-refractivity contribution in [3.05, 3.63) is 0 Å². The van der Waals surface area contributed by atoms with E-state index in [1.807, 2.05) is 0 Å². The highest BCUT2D eigenvalue weighted by atomic mass is 16.3. The molecule has 12 atom stereocenters. The highest BCUT2D eigenvalue weighted by molar-refractivity contribution is 5.14. The Morgan fingerprint density at radius 1 is 0.879 bits per heavy atom. The second-order valence-electron chi connectivity index (χ2n) is 12.8. The van der Waals surface area contributed by atoms with Gasteiger partial charge in [-0.3, -0.25) is 0 Å². The Kier molecular flexibility index (Phi) is 7.57. The number of rotatable bonds is 7. The fourth-order valence-electron chi connectivity index (χ4n) is 9.30. The van der Waals surface area contributed by atoms with Crippen LogP contribution in [0, 0.1) is 52.3 Å². The number of hydrogen-bond acceptors (Lipinski definition) is 6. The van der Waals surface area contributed by atoms with Crippen LogP contribution in [0.1, 0.15) is 78.6 Å². The molecule has 4 aliphatic carbocycles. The van der Waals surface area contributed by atoms with E-state index in [1.165, 1.54) is 0 Å². The van der Waals surface area contributed by atoms with Gasteiger partial charge in [-0.1, -0.05) is 20.8 Å². The third-order valence-electron chi connectivity index (χ3n) is 11.5. The molecule has 4 aliphatic rings. The molecular formula is C27H48O6. The van der Waals surface area contributed by atoms with E-state index in [0.29, 0.717) is 36.0 Å². The minimum absolute atomic E-state index is 0.0862. The molecule has 6 N–H and O–H groups in total. The largest absolute Gasteiger partial charge is 0.396 e. The molecule has 0 bridgehead atoms. The van der Waals surface area contributed by atoms with Gasteiger partial charge in [-0.2, -0.15) is 0 Å². The standard InChI is InChI=1S/C27H48O6/c1-15(4-7-22(31)16(13-28)14-29)19-5-6-20-25-21(12-24(33)27(19,20)3)26(2)9-8-18(30)10-17(26)11-23(25)32/h15-25,28-33H,4-14H2,1-3H3/t15?,17-,18?,19?,20?,21?,22?,23-,24?,25-,26-,27+/m0/s1. The third kappa shape index (κ3) is 4.21. The zero-order valence-electron chi connectivity index (χ0n) is 20.8. The second kappa shape index (κ2) is 9.67. The summed E-state index contributed by atoms with van der Waals surface area (Å²) in [4.78, 5) is 0. The van der Waals surface area contributed by atoms with Crippen LogP contribution in [0.5, 0.6) is 0 Å². The quantitative estimate of drug-likeness (QED) is 0.341. The van der Waals surface area contributed by atoms with Crippen molar-refractivity contribution in [3.8, 4) is 0 Å². The molecule has 6 nitrogen and oxygen atoms in total. The Bertz CT molecular complexity index is 669. The first-order chi connectivity index (χ1) is 15.6. The van der Waals surface area contributed by atoms with Crippen LogP contribution in [0.15, 0.2) is 0 Å². The summed E-state index contributed by atoms with van der Waals surface area (Å²) >= 11 is 0. The molecule has 0 aromatic heterocycles. The van der Waals surface area contributed by atoms with Gasteiger partial charge in [-0.25, -0.2) is 0 Å². The van der Waals surface area contributed by atoms with Crippen molar-refractivity contribution < 1.29 is 30.6 Å². The van der Waals surface area contributed by atoms with Crippen LogP contribution >= 0.6 is 0 Å². The maximum atomic E-state index is 11.6. The lowest BCUT2D eigenvalue weighted by atomic mass is 9.43. The lowest BCUT2D eigenvalue weighted by Gasteiger charge is -2.63. The zero-order valence-corrected chi connectivity index (χ0v) is 20.8. The molecule has 0 aliphatic heterocycles. The molecule has 33 heavy (non-hydrogen) atoms. The lowest BCUT2D eigenvalue weighted by Crippen LogP contribution is -2.62. The van der Waals surface area contributed by atoms with E-state index in [0.717, 1.165) is 51.4 Å². The molecule has 7 unspecified atom stereocenters. The van der Waals surface area contributed by atoms with Gasteiger partial charge in [0.15, 0.2) is 0 Å². The fourth-order valence-corrected chi connectivity index (χ4v) is 9.30. The maximum absolute atomic E-state index is 11.6. The fraction of sp³-hybridized carbons (Fsp3) is 1.00. The second-order valence-corrected chi connectivity index (χ2v) is 12.8. The van der Waals surface area contributed by atoms with Gasteiger partial charge in [0.05, 0.1) is 37.6 Å². The molecule has 6 heteroatoms. The molecule has 0 aromatic carbocycles. The minimum atomic E-state index is -0.716. The van der Waals surface area contributed by atoms with Gasteiger partial charge in [-0.05, 0) is 104 Å². The Hall–Kier alpha value is -0.240. The summed E-state index contributed by atoms with van der Waals surface area (Å²) in [6.45, 7) is 6.39. The Balaban J connectivity index is 1.51. The van der Waals surface area contributed by atoms with Gasteiger partial charge in [0, 0.05) is 5.92 Å². The Morgan fingerprint density at radius 3 is 2.24 bits per heavy atom. The normalized spacial score (nSPS) is 49.3. The van der Waals surface area contributed by atoms with Gasteiger partial charge in [0.25, 0.3) is 0 Å². The monoisotopic (exact) mass is 468 g/mol. The summed E-state index contributed by atoms with van der Waals surface area (Å²) < 4.78 is 0. The first-order valence-electron chi connectivity index (χ1n) is 13.5. The van der Waals surface area contributed by atoms with E-state index in [4.69, 9.17) is 0 Å². The van der Waals surface area contributed by atoms with Crippen LogP contribution in [-0.4, -0.2) is 68.3 Å². The molecule has 0 spiro atoms. The molecule has 192 valence electrons. The van der Waals surface area contributed by atoms with Crippen molar-refractivity contribution in [2.75, 3.05) is 13.2 Å². The van der Waals surface area contributed by atoms with Crippen LogP contribution in [0.4, 0.5) is 0 Å². The van der Waals surface area contributed by atoms with E-state index in [-0.39, 0.29) is 42.2 Å². The van der Waals surface area contributed by atoms with Gasteiger partial charge >= 0.3 is 0 Å². The predicted octanol–water partition coefficient (Wildman–Crippen LogP) is 2.33. The van der Waals surface area contributed by atoms with Gasteiger partial charge in [0.2, 0.25) is 0 Å². The van der Waals surface area contributed by atoms with Crippen LogP contribution in [0.2, 0.25) is 0 Å². The molecular weight excluding hydrogens is 420 g/mol. The molecule has 0 heterocycles. The van der Waals surface area contributed by atoms with Gasteiger partial charge in [0.1, 0.15) is 0 Å². The average molecular weight is 469 g/mol. The van der Waals surface area contributed by atoms with Crippen molar-refractivity contribution in [2.45, 2.75) is 103 Å². The molecule has 4 rings (SSSR count). The van der Waals surface area contributed by atoms with E-state index in [9.17, 15) is 30.6 Å². The van der Waals surface area contributed by atoms with Crippen LogP contribution in [-0.2, 0) is 0 Å². The van der Waals surface area contributed by atoms with Crippen molar-refractivity contribution in [3.63, 3.8) is 0 Å². The molecule has 4 saturated carbocycles. The van der Waals surface area contributed by atoms with E-state index < -0.39 is 18.1 Å². The summed E-state index contributed by atoms with van der Waals surface area (Å²) in [6, 6.07) is 0. The summed E-state index contributed by atoms with van der Waals surface area (Å²) in [5, 5.41) is 62.4. The first-order valence-corrected chi connectivity index (χ1v) is 13.5. The first kappa shape index (κ1) is 25.8. The third-order valence-corrected chi connectivity index (χ3v) is 11.5. The lowest BCUT2D eigenvalue weighted by molar-refractivity contribution is -0.207. The van der Waals surface area contributed by atoms with Gasteiger partial charge < -0.3 is 30.6 Å². The van der Waals surface area contributed by atoms with E-state index >= 15 is 0 Å². The summed E-state index contributed by atoms with van der Waals surface area (Å²) in [6.07, 6.45) is 5.77. The molecule has 0 saturated heterocycles. The predicted molar refractivity (Wildman–Crippen MR) is 126 cm³/mol. The number of fused-ring (bicyclic) bond motifs is 5. The highest BCUT2D eigenvalue weighted by Gasteiger charge is 2.65. The highest BCUT2D eigenvalue weighted by Crippen LogP contribution is 2.68. The molecule has 0 radical (unpaired) electrons. The minimum Gasteiger partial charge on any atom is -0.396 e. The van der Waals surface area contributed by atoms with E-state index in [1.54, 1.807) is 0 Å². The summed E-state index contributed by atoms with van der Waals surface area (Å²) in [7, 11) is 0. The molecule has 0 amide bonds. The maximum Gasteiger partial charge on any atom is 0.0612 e. The average Bonchev–Trinajstić information content (AvgIpc) is 3.13. The number of hydrogen-bond donors (Lipinski definition) is 6. The Morgan fingerprint density at radius 2 is 1.58 bits per heavy atom.